The number of hydrogen-bond acceptors (Lipinski definition) is 2. The van der Waals surface area contributed by atoms with Gasteiger partial charge in [0.2, 0.25) is 0 Å². The minimum Gasteiger partial charge on any atom is -0.373 e. The van der Waals surface area contributed by atoms with Crippen LogP contribution in [0.3, 0.4) is 0 Å². The standard InChI is InChI=1S/C10H16O2/c1-3-5-9-7-12-10(6-4-2)8-11-9/h3-4,9-10H,1-2,5-8H2. The maximum Gasteiger partial charge on any atom is 0.0844 e. The van der Waals surface area contributed by atoms with Crippen molar-refractivity contribution in [2.24, 2.45) is 0 Å². The van der Waals surface area contributed by atoms with Gasteiger partial charge >= 0.3 is 0 Å². The Hall–Kier alpha value is -0.600. The highest BCUT2D eigenvalue weighted by Crippen LogP contribution is 2.12. The predicted molar refractivity (Wildman–Crippen MR) is 49.1 cm³/mol. The highest BCUT2D eigenvalue weighted by Gasteiger charge is 2.19. The summed E-state index contributed by atoms with van der Waals surface area (Å²) < 4.78 is 11.1. The summed E-state index contributed by atoms with van der Waals surface area (Å²) in [5.41, 5.74) is 0. The van der Waals surface area contributed by atoms with Crippen LogP contribution in [0.4, 0.5) is 0 Å². The lowest BCUT2D eigenvalue weighted by Gasteiger charge is -2.28. The lowest BCUT2D eigenvalue weighted by atomic mass is 10.2. The van der Waals surface area contributed by atoms with E-state index in [1.54, 1.807) is 0 Å². The summed E-state index contributed by atoms with van der Waals surface area (Å²) in [5, 5.41) is 0. The first kappa shape index (κ1) is 9.49. The van der Waals surface area contributed by atoms with E-state index in [2.05, 4.69) is 13.2 Å². The zero-order valence-electron chi connectivity index (χ0n) is 7.37. The van der Waals surface area contributed by atoms with Crippen molar-refractivity contribution in [1.82, 2.24) is 0 Å². The molecule has 1 fully saturated rings. The molecule has 0 bridgehead atoms. The van der Waals surface area contributed by atoms with Crippen molar-refractivity contribution in [2.45, 2.75) is 25.0 Å². The summed E-state index contributed by atoms with van der Waals surface area (Å²) in [7, 11) is 0. The Morgan fingerprint density at radius 2 is 1.42 bits per heavy atom. The van der Waals surface area contributed by atoms with E-state index < -0.39 is 0 Å². The Bertz CT molecular complexity index is 128. The Morgan fingerprint density at radius 3 is 1.67 bits per heavy atom. The molecule has 0 aromatic rings. The highest BCUT2D eigenvalue weighted by molar-refractivity contribution is 4.79. The summed E-state index contributed by atoms with van der Waals surface area (Å²) >= 11 is 0. The Kier molecular flexibility index (Phi) is 4.05. The molecule has 0 aromatic heterocycles. The van der Waals surface area contributed by atoms with Crippen LogP contribution < -0.4 is 0 Å². The third kappa shape index (κ3) is 2.80. The van der Waals surface area contributed by atoms with Crippen molar-refractivity contribution < 1.29 is 9.47 Å². The van der Waals surface area contributed by atoms with E-state index in [9.17, 15) is 0 Å². The minimum absolute atomic E-state index is 0.212. The molecule has 0 aliphatic carbocycles. The fourth-order valence-corrected chi connectivity index (χ4v) is 1.23. The normalized spacial score (nSPS) is 29.7. The highest BCUT2D eigenvalue weighted by atomic mass is 16.6. The van der Waals surface area contributed by atoms with Gasteiger partial charge in [-0.2, -0.15) is 0 Å². The Labute approximate surface area is 73.9 Å². The molecule has 2 atom stereocenters. The second-order valence-electron chi connectivity index (χ2n) is 2.96. The van der Waals surface area contributed by atoms with Crippen LogP contribution in [0, 0.1) is 0 Å². The molecule has 2 nitrogen and oxygen atoms in total. The van der Waals surface area contributed by atoms with Crippen LogP contribution in [-0.2, 0) is 9.47 Å². The molecule has 0 amide bonds. The first-order valence-corrected chi connectivity index (χ1v) is 4.31. The molecule has 1 rings (SSSR count). The smallest absolute Gasteiger partial charge is 0.0844 e. The maximum absolute atomic E-state index is 5.54. The molecule has 1 aliphatic heterocycles. The monoisotopic (exact) mass is 168 g/mol. The molecular weight excluding hydrogens is 152 g/mol. The van der Waals surface area contributed by atoms with Crippen molar-refractivity contribution in [3.8, 4) is 0 Å². The van der Waals surface area contributed by atoms with Gasteiger partial charge in [0.15, 0.2) is 0 Å². The second kappa shape index (κ2) is 5.12. The molecule has 1 saturated heterocycles. The molecule has 1 heterocycles. The first-order chi connectivity index (χ1) is 5.86. The summed E-state index contributed by atoms with van der Waals surface area (Å²) in [6, 6.07) is 0. The van der Waals surface area contributed by atoms with Crippen molar-refractivity contribution in [3.05, 3.63) is 25.3 Å². The average molecular weight is 168 g/mol. The Balaban J connectivity index is 2.19. The molecule has 0 aromatic carbocycles. The van der Waals surface area contributed by atoms with Crippen LogP contribution in [0.2, 0.25) is 0 Å². The van der Waals surface area contributed by atoms with Gasteiger partial charge in [0.05, 0.1) is 25.4 Å². The molecule has 1 aliphatic rings. The van der Waals surface area contributed by atoms with E-state index >= 15 is 0 Å². The van der Waals surface area contributed by atoms with Gasteiger partial charge in [-0.05, 0) is 12.8 Å². The summed E-state index contributed by atoms with van der Waals surface area (Å²) in [5.74, 6) is 0. The van der Waals surface area contributed by atoms with Crippen LogP contribution in [0.15, 0.2) is 25.3 Å². The van der Waals surface area contributed by atoms with E-state index in [1.807, 2.05) is 12.2 Å². The van der Waals surface area contributed by atoms with Gasteiger partial charge in [0.25, 0.3) is 0 Å². The molecule has 2 heteroatoms. The van der Waals surface area contributed by atoms with E-state index in [-0.39, 0.29) is 12.2 Å². The molecule has 68 valence electrons. The predicted octanol–water partition coefficient (Wildman–Crippen LogP) is 1.92. The van der Waals surface area contributed by atoms with Crippen LogP contribution in [0.25, 0.3) is 0 Å². The summed E-state index contributed by atoms with van der Waals surface area (Å²) in [4.78, 5) is 0. The number of ether oxygens (including phenoxy) is 2. The topological polar surface area (TPSA) is 18.5 Å². The van der Waals surface area contributed by atoms with Gasteiger partial charge in [0, 0.05) is 0 Å². The largest absolute Gasteiger partial charge is 0.373 e. The Morgan fingerprint density at radius 1 is 1.00 bits per heavy atom. The maximum atomic E-state index is 5.54. The average Bonchev–Trinajstić information content (AvgIpc) is 2.09. The van der Waals surface area contributed by atoms with Crippen LogP contribution in [-0.4, -0.2) is 25.4 Å². The van der Waals surface area contributed by atoms with E-state index in [1.165, 1.54) is 0 Å². The molecule has 0 radical (unpaired) electrons. The van der Waals surface area contributed by atoms with Gasteiger partial charge in [0.1, 0.15) is 0 Å². The van der Waals surface area contributed by atoms with Crippen LogP contribution >= 0.6 is 0 Å². The third-order valence-electron chi connectivity index (χ3n) is 1.89. The zero-order valence-corrected chi connectivity index (χ0v) is 7.37. The number of rotatable bonds is 4. The fourth-order valence-electron chi connectivity index (χ4n) is 1.23. The first-order valence-electron chi connectivity index (χ1n) is 4.31. The van der Waals surface area contributed by atoms with Crippen LogP contribution in [0.5, 0.6) is 0 Å². The summed E-state index contributed by atoms with van der Waals surface area (Å²) in [6.07, 6.45) is 5.90. The summed E-state index contributed by atoms with van der Waals surface area (Å²) in [6.45, 7) is 8.69. The van der Waals surface area contributed by atoms with E-state index in [0.29, 0.717) is 13.2 Å². The van der Waals surface area contributed by atoms with Crippen molar-refractivity contribution in [2.75, 3.05) is 13.2 Å². The van der Waals surface area contributed by atoms with Gasteiger partial charge in [-0.15, -0.1) is 13.2 Å². The van der Waals surface area contributed by atoms with Crippen molar-refractivity contribution in [1.29, 1.82) is 0 Å². The molecule has 0 spiro atoms. The lowest BCUT2D eigenvalue weighted by molar-refractivity contribution is -0.129. The van der Waals surface area contributed by atoms with E-state index in [0.717, 1.165) is 12.8 Å². The molecule has 0 saturated carbocycles. The molecule has 2 unspecified atom stereocenters. The quantitative estimate of drug-likeness (QED) is 0.597. The van der Waals surface area contributed by atoms with Crippen LogP contribution in [0.1, 0.15) is 12.8 Å². The third-order valence-corrected chi connectivity index (χ3v) is 1.89. The van der Waals surface area contributed by atoms with Gasteiger partial charge in [-0.1, -0.05) is 12.2 Å². The molecule has 12 heavy (non-hydrogen) atoms. The molecular formula is C10H16O2. The second-order valence-corrected chi connectivity index (χ2v) is 2.96. The van der Waals surface area contributed by atoms with Crippen molar-refractivity contribution >= 4 is 0 Å². The SMILES string of the molecule is C=CCC1COC(CC=C)CO1. The van der Waals surface area contributed by atoms with E-state index in [4.69, 9.17) is 9.47 Å². The fraction of sp³-hybridized carbons (Fsp3) is 0.600. The number of hydrogen-bond donors (Lipinski definition) is 0. The van der Waals surface area contributed by atoms with Crippen molar-refractivity contribution in [3.63, 3.8) is 0 Å². The zero-order chi connectivity index (χ0) is 8.81. The minimum atomic E-state index is 0.212. The van der Waals surface area contributed by atoms with Gasteiger partial charge < -0.3 is 9.47 Å². The van der Waals surface area contributed by atoms with Gasteiger partial charge in [-0.25, -0.2) is 0 Å². The van der Waals surface area contributed by atoms with Gasteiger partial charge in [-0.3, -0.25) is 0 Å². The molecule has 0 N–H and O–H groups in total. The lowest BCUT2D eigenvalue weighted by Crippen LogP contribution is -2.34.